The molecule has 2 aliphatic heterocycles. The number of phenols is 2. The van der Waals surface area contributed by atoms with E-state index < -0.39 is 59.1 Å². The van der Waals surface area contributed by atoms with E-state index >= 15 is 0 Å². The number of anilines is 1. The molecular weight excluding hydrogens is 593 g/mol. The monoisotopic (exact) mass is 621 g/mol. The van der Waals surface area contributed by atoms with Crippen molar-refractivity contribution in [2.24, 2.45) is 0 Å². The molecule has 44 heavy (non-hydrogen) atoms. The molecule has 0 spiro atoms. The molecule has 1 aromatic heterocycles. The summed E-state index contributed by atoms with van der Waals surface area (Å²) in [5.74, 6) is -3.83. The number of urea groups is 1. The number of para-hydroxylation sites is 1. The van der Waals surface area contributed by atoms with E-state index in [9.17, 15) is 34.4 Å². The Morgan fingerprint density at radius 2 is 1.95 bits per heavy atom. The first-order valence-electron chi connectivity index (χ1n) is 13.7. The maximum Gasteiger partial charge on any atom is 0.526 e. The number of nitrogen functional groups attached to an aromatic ring is 1. The first kappa shape index (κ1) is 30.6. The summed E-state index contributed by atoms with van der Waals surface area (Å²) < 4.78 is 5.69. The highest BCUT2D eigenvalue weighted by molar-refractivity contribution is 6.47. The SMILES string of the molecule is Cc1cccc2c1OB(O)[C@@H](CC(=O)C(NC(=O)N1CCN(Cc3ccnc(N)c3)C(=O)C1=O)c1ccc(O)c(O)c1Cl)C2. The van der Waals surface area contributed by atoms with Crippen molar-refractivity contribution >= 4 is 48.2 Å². The number of Topliss-reactive ketones (excluding diaryl/α,β-unsaturated/α-hetero) is 1. The lowest BCUT2D eigenvalue weighted by Gasteiger charge is -2.34. The number of phenolic OH excluding ortho intramolecular Hbond substituents is 2. The van der Waals surface area contributed by atoms with Gasteiger partial charge in [0.25, 0.3) is 0 Å². The summed E-state index contributed by atoms with van der Waals surface area (Å²) in [6, 6.07) is 8.49. The molecule has 6 N–H and O–H groups in total. The first-order valence-corrected chi connectivity index (χ1v) is 14.1. The van der Waals surface area contributed by atoms with E-state index in [1.54, 1.807) is 12.1 Å². The van der Waals surface area contributed by atoms with Crippen molar-refractivity contribution in [2.75, 3.05) is 18.8 Å². The van der Waals surface area contributed by atoms with Crippen molar-refractivity contribution in [2.45, 2.75) is 38.2 Å². The number of hydrogen-bond donors (Lipinski definition) is 5. The first-order chi connectivity index (χ1) is 20.9. The van der Waals surface area contributed by atoms with Crippen LogP contribution >= 0.6 is 11.6 Å². The maximum absolute atomic E-state index is 13.8. The summed E-state index contributed by atoms with van der Waals surface area (Å²) in [7, 11) is -1.32. The Kier molecular flexibility index (Phi) is 8.65. The van der Waals surface area contributed by atoms with Gasteiger partial charge in [-0.25, -0.2) is 9.78 Å². The topological polar surface area (TPSA) is 196 Å². The average Bonchev–Trinajstić information content (AvgIpc) is 2.98. The number of aryl methyl sites for hydroxylation is 1. The number of nitrogens with zero attached hydrogens (tertiary/aromatic N) is 3. The fraction of sp³-hybridized carbons (Fsp3) is 0.276. The number of hydrogen-bond acceptors (Lipinski definition) is 10. The Morgan fingerprint density at radius 1 is 1.18 bits per heavy atom. The van der Waals surface area contributed by atoms with Crippen LogP contribution in [0, 0.1) is 6.92 Å². The van der Waals surface area contributed by atoms with Crippen LogP contribution in [0.1, 0.15) is 34.7 Å². The van der Waals surface area contributed by atoms with Crippen LogP contribution in [0.25, 0.3) is 0 Å². The van der Waals surface area contributed by atoms with Gasteiger partial charge in [-0.1, -0.05) is 35.9 Å². The summed E-state index contributed by atoms with van der Waals surface area (Å²) in [5.41, 5.74) is 7.91. The highest BCUT2D eigenvalue weighted by Crippen LogP contribution is 2.40. The molecule has 0 bridgehead atoms. The lowest BCUT2D eigenvalue weighted by molar-refractivity contribution is -0.154. The number of amides is 4. The molecule has 3 aromatic rings. The number of aromatic hydroxyl groups is 2. The van der Waals surface area contributed by atoms with Gasteiger partial charge in [-0.05, 0) is 48.2 Å². The number of pyridine rings is 1. The standard InChI is InChI=1S/C29H29BClN5O8/c1-15-3-2-4-17-12-18(30(43)44-26(15)17)13-21(38)24(19-5-6-20(37)25(39)23(19)31)34-29(42)36-10-9-35(27(40)28(36)41)14-16-7-8-33-22(32)11-16/h2-8,11,18,24,37,39,43H,9-10,12-14H2,1H3,(H2,32,33)(H,34,42)/t18-,24?/m1/s1. The molecule has 228 valence electrons. The zero-order chi connectivity index (χ0) is 31.7. The quantitative estimate of drug-likeness (QED) is 0.148. The molecular formula is C29H29BClN5O8. The molecule has 0 saturated carbocycles. The number of benzene rings is 2. The Labute approximate surface area is 257 Å². The van der Waals surface area contributed by atoms with Gasteiger partial charge in [0.1, 0.15) is 17.6 Å². The van der Waals surface area contributed by atoms with Gasteiger partial charge in [0.2, 0.25) is 0 Å². The van der Waals surface area contributed by atoms with E-state index in [1.165, 1.54) is 17.2 Å². The van der Waals surface area contributed by atoms with Crippen LogP contribution in [0.15, 0.2) is 48.7 Å². The molecule has 1 saturated heterocycles. The summed E-state index contributed by atoms with van der Waals surface area (Å²) in [6.07, 6.45) is 1.49. The molecule has 5 rings (SSSR count). The fourth-order valence-corrected chi connectivity index (χ4v) is 5.62. The predicted molar refractivity (Wildman–Crippen MR) is 159 cm³/mol. The van der Waals surface area contributed by atoms with Crippen molar-refractivity contribution in [1.29, 1.82) is 0 Å². The highest BCUT2D eigenvalue weighted by atomic mass is 35.5. The van der Waals surface area contributed by atoms with E-state index in [2.05, 4.69) is 10.3 Å². The zero-order valence-corrected chi connectivity index (χ0v) is 24.3. The Hall–Kier alpha value is -4.82. The molecule has 2 aromatic carbocycles. The third-order valence-corrected chi connectivity index (χ3v) is 8.08. The van der Waals surface area contributed by atoms with E-state index in [-0.39, 0.29) is 37.4 Å². The molecule has 3 heterocycles. The largest absolute Gasteiger partial charge is 0.536 e. The van der Waals surface area contributed by atoms with Crippen LogP contribution < -0.4 is 15.7 Å². The normalized spacial score (nSPS) is 17.2. The van der Waals surface area contributed by atoms with Gasteiger partial charge in [-0.3, -0.25) is 19.3 Å². The number of nitrogens with two attached hydrogens (primary N) is 1. The summed E-state index contributed by atoms with van der Waals surface area (Å²) >= 11 is 6.28. The van der Waals surface area contributed by atoms with Crippen LogP contribution in [0.2, 0.25) is 10.8 Å². The van der Waals surface area contributed by atoms with Gasteiger partial charge < -0.3 is 35.8 Å². The molecule has 15 heteroatoms. The van der Waals surface area contributed by atoms with Crippen molar-refractivity contribution in [3.05, 3.63) is 75.9 Å². The lowest BCUT2D eigenvalue weighted by Crippen LogP contribution is -2.58. The molecule has 0 radical (unpaired) electrons. The van der Waals surface area contributed by atoms with Crippen molar-refractivity contribution in [3.8, 4) is 17.2 Å². The van der Waals surface area contributed by atoms with Gasteiger partial charge in [0, 0.05) is 43.6 Å². The van der Waals surface area contributed by atoms with Crippen LogP contribution in [-0.2, 0) is 27.3 Å². The van der Waals surface area contributed by atoms with Crippen molar-refractivity contribution < 1.29 is 39.1 Å². The van der Waals surface area contributed by atoms with Crippen LogP contribution in [-0.4, -0.2) is 73.9 Å². The van der Waals surface area contributed by atoms with Crippen LogP contribution in [0.3, 0.4) is 0 Å². The lowest BCUT2D eigenvalue weighted by atomic mass is 9.64. The Morgan fingerprint density at radius 3 is 2.70 bits per heavy atom. The van der Waals surface area contributed by atoms with E-state index in [4.69, 9.17) is 22.0 Å². The van der Waals surface area contributed by atoms with Gasteiger partial charge in [-0.15, -0.1) is 0 Å². The van der Waals surface area contributed by atoms with Crippen LogP contribution in [0.5, 0.6) is 17.2 Å². The number of nitrogens with one attached hydrogen (secondary N) is 1. The van der Waals surface area contributed by atoms with E-state index in [1.807, 2.05) is 25.1 Å². The average molecular weight is 622 g/mol. The third-order valence-electron chi connectivity index (χ3n) is 7.68. The number of ketones is 1. The second-order valence-corrected chi connectivity index (χ2v) is 11.1. The summed E-state index contributed by atoms with van der Waals surface area (Å²) in [4.78, 5) is 58.9. The predicted octanol–water partition coefficient (Wildman–Crippen LogP) is 2.10. The summed E-state index contributed by atoms with van der Waals surface area (Å²) in [5, 5.41) is 32.9. The van der Waals surface area contributed by atoms with Gasteiger partial charge in [0.15, 0.2) is 17.3 Å². The smallest absolute Gasteiger partial charge is 0.526 e. The molecule has 2 aliphatic rings. The van der Waals surface area contributed by atoms with Crippen molar-refractivity contribution in [3.63, 3.8) is 0 Å². The summed E-state index contributed by atoms with van der Waals surface area (Å²) in [6.45, 7) is 1.76. The second kappa shape index (κ2) is 12.4. The minimum Gasteiger partial charge on any atom is -0.536 e. The fourth-order valence-electron chi connectivity index (χ4n) is 5.35. The van der Waals surface area contributed by atoms with E-state index in [0.29, 0.717) is 22.6 Å². The number of carbonyl (C=O) groups is 4. The number of imide groups is 1. The molecule has 1 fully saturated rings. The van der Waals surface area contributed by atoms with Crippen molar-refractivity contribution in [1.82, 2.24) is 20.1 Å². The number of fused-ring (bicyclic) bond motifs is 1. The minimum absolute atomic E-state index is 0.0179. The highest BCUT2D eigenvalue weighted by Gasteiger charge is 2.41. The molecule has 1 unspecified atom stereocenters. The Balaban J connectivity index is 1.35. The van der Waals surface area contributed by atoms with Gasteiger partial charge >= 0.3 is 25.0 Å². The number of halogens is 1. The third kappa shape index (κ3) is 6.12. The number of carbonyl (C=O) groups excluding carboxylic acids is 4. The Bertz CT molecular complexity index is 1660. The van der Waals surface area contributed by atoms with E-state index in [0.717, 1.165) is 17.2 Å². The number of aromatic nitrogens is 1. The molecule has 4 amide bonds. The molecule has 0 aliphatic carbocycles. The minimum atomic E-state index is -1.52. The number of rotatable bonds is 7. The van der Waals surface area contributed by atoms with Gasteiger partial charge in [0.05, 0.1) is 5.02 Å². The number of piperazine rings is 1. The van der Waals surface area contributed by atoms with Crippen LogP contribution in [0.4, 0.5) is 10.6 Å². The maximum atomic E-state index is 13.8. The van der Waals surface area contributed by atoms with Gasteiger partial charge in [-0.2, -0.15) is 0 Å². The zero-order valence-electron chi connectivity index (χ0n) is 23.6. The molecule has 13 nitrogen and oxygen atoms in total. The second-order valence-electron chi connectivity index (χ2n) is 10.7. The molecule has 2 atom stereocenters.